The molecule has 2 aromatic rings. The SMILES string of the molecule is Cc1ccc(S(=O)(=O)NC(C)(C)C)cc1C(=O)NCc1cccc(NC(=O)CC(C)C)c1. The molecule has 2 aromatic carbocycles. The van der Waals surface area contributed by atoms with E-state index < -0.39 is 15.6 Å². The van der Waals surface area contributed by atoms with E-state index in [-0.39, 0.29) is 29.2 Å². The topological polar surface area (TPSA) is 104 Å². The van der Waals surface area contributed by atoms with E-state index in [2.05, 4.69) is 15.4 Å². The number of carbonyl (C=O) groups is 2. The number of nitrogens with one attached hydrogen (secondary N) is 3. The van der Waals surface area contributed by atoms with Crippen LogP contribution in [0.2, 0.25) is 0 Å². The van der Waals surface area contributed by atoms with Gasteiger partial charge in [0.25, 0.3) is 5.91 Å². The van der Waals surface area contributed by atoms with Gasteiger partial charge in [-0.05, 0) is 69.0 Å². The molecule has 0 aliphatic heterocycles. The highest BCUT2D eigenvalue weighted by molar-refractivity contribution is 7.89. The van der Waals surface area contributed by atoms with Gasteiger partial charge in [0, 0.05) is 29.8 Å². The molecule has 0 atom stereocenters. The second-order valence-corrected chi connectivity index (χ2v) is 11.0. The van der Waals surface area contributed by atoms with Gasteiger partial charge in [0.05, 0.1) is 4.90 Å². The molecule has 0 heterocycles. The molecule has 0 aromatic heterocycles. The highest BCUT2D eigenvalue weighted by Gasteiger charge is 2.23. The van der Waals surface area contributed by atoms with Gasteiger partial charge in [-0.3, -0.25) is 9.59 Å². The molecular weight excluding hydrogens is 426 g/mol. The molecule has 7 nitrogen and oxygen atoms in total. The van der Waals surface area contributed by atoms with Crippen molar-refractivity contribution in [3.63, 3.8) is 0 Å². The van der Waals surface area contributed by atoms with Crippen molar-refractivity contribution in [1.82, 2.24) is 10.0 Å². The van der Waals surface area contributed by atoms with E-state index >= 15 is 0 Å². The quantitative estimate of drug-likeness (QED) is 0.555. The van der Waals surface area contributed by atoms with Crippen LogP contribution in [0, 0.1) is 12.8 Å². The second-order valence-electron chi connectivity index (χ2n) is 9.36. The Bertz CT molecular complexity index is 1090. The van der Waals surface area contributed by atoms with Gasteiger partial charge >= 0.3 is 0 Å². The predicted molar refractivity (Wildman–Crippen MR) is 127 cm³/mol. The lowest BCUT2D eigenvalue weighted by atomic mass is 10.1. The Morgan fingerprint density at radius 1 is 1.03 bits per heavy atom. The summed E-state index contributed by atoms with van der Waals surface area (Å²) < 4.78 is 27.9. The molecule has 0 aliphatic rings. The minimum Gasteiger partial charge on any atom is -0.348 e. The van der Waals surface area contributed by atoms with Crippen LogP contribution < -0.4 is 15.4 Å². The molecule has 0 saturated carbocycles. The highest BCUT2D eigenvalue weighted by Crippen LogP contribution is 2.18. The Labute approximate surface area is 191 Å². The first-order chi connectivity index (χ1) is 14.8. The van der Waals surface area contributed by atoms with Crippen LogP contribution in [0.5, 0.6) is 0 Å². The molecule has 3 N–H and O–H groups in total. The number of hydrogen-bond donors (Lipinski definition) is 3. The summed E-state index contributed by atoms with van der Waals surface area (Å²) in [7, 11) is -3.75. The van der Waals surface area contributed by atoms with Gasteiger partial charge in [-0.2, -0.15) is 0 Å². The summed E-state index contributed by atoms with van der Waals surface area (Å²) in [5, 5.41) is 5.69. The van der Waals surface area contributed by atoms with Crippen molar-refractivity contribution in [2.75, 3.05) is 5.32 Å². The molecule has 0 fully saturated rings. The lowest BCUT2D eigenvalue weighted by Gasteiger charge is -2.20. The maximum absolute atomic E-state index is 12.8. The molecule has 0 aliphatic carbocycles. The van der Waals surface area contributed by atoms with Crippen LogP contribution in [0.4, 0.5) is 5.69 Å². The minimum atomic E-state index is -3.75. The molecule has 8 heteroatoms. The molecule has 0 unspecified atom stereocenters. The fourth-order valence-electron chi connectivity index (χ4n) is 3.09. The fourth-order valence-corrected chi connectivity index (χ4v) is 4.54. The van der Waals surface area contributed by atoms with Crippen molar-refractivity contribution in [2.24, 2.45) is 5.92 Å². The molecule has 0 bridgehead atoms. The number of aryl methyl sites for hydroxylation is 1. The summed E-state index contributed by atoms with van der Waals surface area (Å²) in [5.74, 6) is -0.165. The summed E-state index contributed by atoms with van der Waals surface area (Å²) in [4.78, 5) is 24.8. The number of amides is 2. The zero-order valence-corrected chi connectivity index (χ0v) is 20.4. The summed E-state index contributed by atoms with van der Waals surface area (Å²) >= 11 is 0. The Kier molecular flexibility index (Phi) is 8.20. The smallest absolute Gasteiger partial charge is 0.251 e. The second kappa shape index (κ2) is 10.3. The third-order valence-electron chi connectivity index (χ3n) is 4.46. The Hall–Kier alpha value is -2.71. The third kappa shape index (κ3) is 7.76. The van der Waals surface area contributed by atoms with Crippen molar-refractivity contribution in [3.05, 3.63) is 59.2 Å². The van der Waals surface area contributed by atoms with Crippen LogP contribution in [-0.4, -0.2) is 25.8 Å². The molecule has 2 rings (SSSR count). The van der Waals surface area contributed by atoms with Gasteiger partial charge < -0.3 is 10.6 Å². The van der Waals surface area contributed by atoms with Gasteiger partial charge in [-0.25, -0.2) is 13.1 Å². The lowest BCUT2D eigenvalue weighted by molar-refractivity contribution is -0.116. The number of carbonyl (C=O) groups excluding carboxylic acids is 2. The molecule has 0 spiro atoms. The standard InChI is InChI=1S/C24H33N3O4S/c1-16(2)12-22(28)26-19-9-7-8-18(13-19)15-25-23(29)21-14-20(11-10-17(21)3)32(30,31)27-24(4,5)6/h7-11,13-14,16,27H,12,15H2,1-6H3,(H,25,29)(H,26,28). The summed E-state index contributed by atoms with van der Waals surface area (Å²) in [5.41, 5.74) is 1.81. The maximum Gasteiger partial charge on any atom is 0.251 e. The zero-order valence-electron chi connectivity index (χ0n) is 19.6. The zero-order chi connectivity index (χ0) is 24.1. The predicted octanol–water partition coefficient (Wildman–Crippen LogP) is 3.99. The number of sulfonamides is 1. The minimum absolute atomic E-state index is 0.0398. The van der Waals surface area contributed by atoms with Crippen LogP contribution in [0.25, 0.3) is 0 Å². The Morgan fingerprint density at radius 3 is 2.34 bits per heavy atom. The average molecular weight is 460 g/mol. The van der Waals surface area contributed by atoms with Crippen LogP contribution >= 0.6 is 0 Å². The molecule has 2 amide bonds. The van der Waals surface area contributed by atoms with E-state index in [1.807, 2.05) is 26.0 Å². The van der Waals surface area contributed by atoms with Crippen molar-refractivity contribution in [2.45, 2.75) is 64.9 Å². The van der Waals surface area contributed by atoms with E-state index in [1.165, 1.54) is 12.1 Å². The number of hydrogen-bond acceptors (Lipinski definition) is 4. The van der Waals surface area contributed by atoms with E-state index in [4.69, 9.17) is 0 Å². The van der Waals surface area contributed by atoms with Crippen molar-refractivity contribution >= 4 is 27.5 Å². The van der Waals surface area contributed by atoms with Crippen LogP contribution in [0.3, 0.4) is 0 Å². The third-order valence-corrected chi connectivity index (χ3v) is 6.22. The highest BCUT2D eigenvalue weighted by atomic mass is 32.2. The van der Waals surface area contributed by atoms with Crippen molar-refractivity contribution < 1.29 is 18.0 Å². The average Bonchev–Trinajstić information content (AvgIpc) is 2.64. The first-order valence-corrected chi connectivity index (χ1v) is 12.1. The summed E-state index contributed by atoms with van der Waals surface area (Å²) in [6.07, 6.45) is 0.434. The van der Waals surface area contributed by atoms with Crippen molar-refractivity contribution in [3.8, 4) is 0 Å². The first-order valence-electron chi connectivity index (χ1n) is 10.6. The number of rotatable bonds is 8. The van der Waals surface area contributed by atoms with E-state index in [0.29, 0.717) is 23.2 Å². The van der Waals surface area contributed by atoms with Crippen LogP contribution in [0.1, 0.15) is 62.5 Å². The molecule has 0 radical (unpaired) electrons. The summed E-state index contributed by atoms with van der Waals surface area (Å²) in [6.45, 7) is 11.2. The Morgan fingerprint density at radius 2 is 1.72 bits per heavy atom. The lowest BCUT2D eigenvalue weighted by Crippen LogP contribution is -2.40. The van der Waals surface area contributed by atoms with E-state index in [0.717, 1.165) is 5.56 Å². The first kappa shape index (κ1) is 25.5. The monoisotopic (exact) mass is 459 g/mol. The number of benzene rings is 2. The molecule has 0 saturated heterocycles. The fraction of sp³-hybridized carbons (Fsp3) is 0.417. The normalized spacial score (nSPS) is 12.0. The Balaban J connectivity index is 2.12. The summed E-state index contributed by atoms with van der Waals surface area (Å²) in [6, 6.07) is 11.8. The van der Waals surface area contributed by atoms with E-state index in [1.54, 1.807) is 45.9 Å². The van der Waals surface area contributed by atoms with Gasteiger partial charge in [0.15, 0.2) is 0 Å². The molecule has 174 valence electrons. The number of anilines is 1. The molecular formula is C24H33N3O4S. The largest absolute Gasteiger partial charge is 0.348 e. The molecule has 32 heavy (non-hydrogen) atoms. The van der Waals surface area contributed by atoms with Crippen LogP contribution in [-0.2, 0) is 21.4 Å². The van der Waals surface area contributed by atoms with Crippen LogP contribution in [0.15, 0.2) is 47.4 Å². The van der Waals surface area contributed by atoms with Gasteiger partial charge in [-0.1, -0.05) is 32.0 Å². The van der Waals surface area contributed by atoms with E-state index in [9.17, 15) is 18.0 Å². The maximum atomic E-state index is 12.8. The van der Waals surface area contributed by atoms with Gasteiger partial charge in [0.1, 0.15) is 0 Å². The van der Waals surface area contributed by atoms with Gasteiger partial charge in [0.2, 0.25) is 15.9 Å². The van der Waals surface area contributed by atoms with Gasteiger partial charge in [-0.15, -0.1) is 0 Å². The van der Waals surface area contributed by atoms with Crippen molar-refractivity contribution in [1.29, 1.82) is 0 Å².